The van der Waals surface area contributed by atoms with Crippen LogP contribution in [0.15, 0.2) is 65.1 Å². The van der Waals surface area contributed by atoms with Crippen LogP contribution in [0.25, 0.3) is 22.6 Å². The molecule has 1 amide bonds. The normalized spacial score (nSPS) is 10.9. The zero-order valence-corrected chi connectivity index (χ0v) is 16.3. The first-order valence-corrected chi connectivity index (χ1v) is 9.28. The number of nitrogens with zero attached hydrogens (tertiary/aromatic N) is 1. The van der Waals surface area contributed by atoms with Crippen molar-refractivity contribution >= 4 is 45.9 Å². The summed E-state index contributed by atoms with van der Waals surface area (Å²) in [5, 5.41) is 3.52. The number of hydrogen-bond donors (Lipinski definition) is 1. The summed E-state index contributed by atoms with van der Waals surface area (Å²) in [5.41, 5.74) is 2.05. The molecular formula is C21H13Cl2FN2O3. The first-order chi connectivity index (χ1) is 14.0. The number of halogens is 3. The molecule has 146 valence electrons. The van der Waals surface area contributed by atoms with E-state index in [2.05, 4.69) is 10.3 Å². The van der Waals surface area contributed by atoms with E-state index in [9.17, 15) is 9.18 Å². The number of carbonyl (C=O) groups is 1. The van der Waals surface area contributed by atoms with Crippen molar-refractivity contribution < 1.29 is 18.3 Å². The van der Waals surface area contributed by atoms with Gasteiger partial charge in [0, 0.05) is 10.7 Å². The fourth-order valence-electron chi connectivity index (χ4n) is 2.66. The fraction of sp³-hybridized carbons (Fsp3) is 0.0476. The van der Waals surface area contributed by atoms with Crippen LogP contribution in [0.3, 0.4) is 0 Å². The van der Waals surface area contributed by atoms with Crippen LogP contribution >= 0.6 is 23.2 Å². The first kappa shape index (κ1) is 19.2. The van der Waals surface area contributed by atoms with E-state index in [1.54, 1.807) is 42.5 Å². The molecule has 5 nitrogen and oxygen atoms in total. The standard InChI is InChI=1S/C21H13Cl2FN2O3/c22-12-1-5-15(6-2-12)28-11-20(27)25-14-4-8-19-18(10-14)26-21(29-19)16-7-3-13(24)9-17(16)23/h1-10H,11H2,(H,25,27). The number of carbonyl (C=O) groups excluding carboxylic acids is 1. The summed E-state index contributed by atoms with van der Waals surface area (Å²) in [7, 11) is 0. The largest absolute Gasteiger partial charge is 0.484 e. The van der Waals surface area contributed by atoms with Gasteiger partial charge >= 0.3 is 0 Å². The highest BCUT2D eigenvalue weighted by Gasteiger charge is 2.13. The van der Waals surface area contributed by atoms with Gasteiger partial charge < -0.3 is 14.5 Å². The van der Waals surface area contributed by atoms with E-state index in [1.807, 2.05) is 0 Å². The number of benzene rings is 3. The Morgan fingerprint density at radius 2 is 1.86 bits per heavy atom. The smallest absolute Gasteiger partial charge is 0.262 e. The van der Waals surface area contributed by atoms with Crippen LogP contribution in [0.2, 0.25) is 10.0 Å². The third kappa shape index (κ3) is 4.50. The average Bonchev–Trinajstić information content (AvgIpc) is 3.10. The Balaban J connectivity index is 1.47. The molecular weight excluding hydrogens is 418 g/mol. The van der Waals surface area contributed by atoms with Gasteiger partial charge in [-0.1, -0.05) is 23.2 Å². The number of amides is 1. The number of rotatable bonds is 5. The lowest BCUT2D eigenvalue weighted by molar-refractivity contribution is -0.118. The number of anilines is 1. The van der Waals surface area contributed by atoms with Gasteiger partial charge in [0.05, 0.1) is 10.6 Å². The van der Waals surface area contributed by atoms with E-state index in [0.717, 1.165) is 0 Å². The quantitative estimate of drug-likeness (QED) is 0.424. The van der Waals surface area contributed by atoms with Crippen molar-refractivity contribution in [2.24, 2.45) is 0 Å². The van der Waals surface area contributed by atoms with Crippen molar-refractivity contribution in [1.82, 2.24) is 4.98 Å². The second-order valence-corrected chi connectivity index (χ2v) is 6.96. The minimum atomic E-state index is -0.444. The maximum Gasteiger partial charge on any atom is 0.262 e. The fourth-order valence-corrected chi connectivity index (χ4v) is 3.03. The Kier molecular flexibility index (Phi) is 5.38. The van der Waals surface area contributed by atoms with E-state index in [4.69, 9.17) is 32.4 Å². The van der Waals surface area contributed by atoms with Crippen LogP contribution in [-0.2, 0) is 4.79 Å². The van der Waals surface area contributed by atoms with Crippen LogP contribution in [0.5, 0.6) is 5.75 Å². The monoisotopic (exact) mass is 430 g/mol. The average molecular weight is 431 g/mol. The van der Waals surface area contributed by atoms with Crippen molar-refractivity contribution in [1.29, 1.82) is 0 Å². The van der Waals surface area contributed by atoms with Crippen LogP contribution < -0.4 is 10.1 Å². The van der Waals surface area contributed by atoms with Crippen LogP contribution in [0.4, 0.5) is 10.1 Å². The second-order valence-electron chi connectivity index (χ2n) is 6.12. The van der Waals surface area contributed by atoms with Crippen molar-refractivity contribution in [3.05, 3.63) is 76.5 Å². The molecule has 0 spiro atoms. The minimum absolute atomic E-state index is 0.158. The molecule has 0 saturated carbocycles. The summed E-state index contributed by atoms with van der Waals surface area (Å²) in [5.74, 6) is 0.0298. The van der Waals surface area contributed by atoms with Crippen molar-refractivity contribution in [3.8, 4) is 17.2 Å². The molecule has 0 aliphatic rings. The summed E-state index contributed by atoms with van der Waals surface area (Å²) >= 11 is 11.9. The highest BCUT2D eigenvalue weighted by atomic mass is 35.5. The van der Waals surface area contributed by atoms with Crippen LogP contribution in [-0.4, -0.2) is 17.5 Å². The summed E-state index contributed by atoms with van der Waals surface area (Å²) in [6.45, 7) is -0.158. The number of nitrogens with one attached hydrogen (secondary N) is 1. The highest BCUT2D eigenvalue weighted by Crippen LogP contribution is 2.31. The summed E-state index contributed by atoms with van der Waals surface area (Å²) in [4.78, 5) is 16.5. The van der Waals surface area contributed by atoms with Gasteiger partial charge in [-0.3, -0.25) is 4.79 Å². The second kappa shape index (κ2) is 8.11. The van der Waals surface area contributed by atoms with Gasteiger partial charge in [-0.2, -0.15) is 0 Å². The summed E-state index contributed by atoms with van der Waals surface area (Å²) in [6.07, 6.45) is 0. The first-order valence-electron chi connectivity index (χ1n) is 8.52. The number of hydrogen-bond acceptors (Lipinski definition) is 4. The van der Waals surface area contributed by atoms with E-state index in [-0.39, 0.29) is 23.4 Å². The molecule has 0 atom stereocenters. The predicted octanol–water partition coefficient (Wildman–Crippen LogP) is 5.96. The van der Waals surface area contributed by atoms with Gasteiger partial charge in [-0.15, -0.1) is 0 Å². The predicted molar refractivity (Wildman–Crippen MR) is 110 cm³/mol. The Hall–Kier alpha value is -3.09. The number of ether oxygens (including phenoxy) is 1. The van der Waals surface area contributed by atoms with Crippen LogP contribution in [0, 0.1) is 5.82 Å². The molecule has 0 radical (unpaired) electrons. The lowest BCUT2D eigenvalue weighted by atomic mass is 10.2. The van der Waals surface area contributed by atoms with E-state index < -0.39 is 5.82 Å². The Labute approximate surface area is 175 Å². The molecule has 4 rings (SSSR count). The molecule has 1 aromatic heterocycles. The van der Waals surface area contributed by atoms with Gasteiger partial charge in [-0.25, -0.2) is 9.37 Å². The molecule has 0 bridgehead atoms. The third-order valence-corrected chi connectivity index (χ3v) is 4.58. The molecule has 0 fully saturated rings. The number of oxazole rings is 1. The SMILES string of the molecule is O=C(COc1ccc(Cl)cc1)Nc1ccc2oc(-c3ccc(F)cc3Cl)nc2c1. The van der Waals surface area contributed by atoms with Gasteiger partial charge in [0.15, 0.2) is 12.2 Å². The Bertz CT molecular complexity index is 1190. The van der Waals surface area contributed by atoms with E-state index in [1.165, 1.54) is 18.2 Å². The maximum atomic E-state index is 13.2. The number of aromatic nitrogens is 1. The van der Waals surface area contributed by atoms with Crippen LogP contribution in [0.1, 0.15) is 0 Å². The van der Waals surface area contributed by atoms with Gasteiger partial charge in [0.1, 0.15) is 17.1 Å². The lowest BCUT2D eigenvalue weighted by Crippen LogP contribution is -2.20. The zero-order valence-electron chi connectivity index (χ0n) is 14.8. The topological polar surface area (TPSA) is 64.4 Å². The molecule has 0 aliphatic heterocycles. The molecule has 0 aliphatic carbocycles. The highest BCUT2D eigenvalue weighted by molar-refractivity contribution is 6.33. The molecule has 1 heterocycles. The summed E-state index contributed by atoms with van der Waals surface area (Å²) in [6, 6.07) is 15.7. The lowest BCUT2D eigenvalue weighted by Gasteiger charge is -2.07. The molecule has 8 heteroatoms. The molecule has 4 aromatic rings. The van der Waals surface area contributed by atoms with Crippen molar-refractivity contribution in [2.45, 2.75) is 0 Å². The zero-order chi connectivity index (χ0) is 20.4. The van der Waals surface area contributed by atoms with Crippen molar-refractivity contribution in [2.75, 3.05) is 11.9 Å². The van der Waals surface area contributed by atoms with Gasteiger partial charge in [0.2, 0.25) is 5.89 Å². The van der Waals surface area contributed by atoms with Crippen molar-refractivity contribution in [3.63, 3.8) is 0 Å². The maximum absolute atomic E-state index is 13.2. The van der Waals surface area contributed by atoms with Gasteiger partial charge in [-0.05, 0) is 60.7 Å². The Morgan fingerprint density at radius 3 is 2.62 bits per heavy atom. The molecule has 0 unspecified atom stereocenters. The summed E-state index contributed by atoms with van der Waals surface area (Å²) < 4.78 is 24.3. The third-order valence-electron chi connectivity index (χ3n) is 4.02. The Morgan fingerprint density at radius 1 is 1.07 bits per heavy atom. The van der Waals surface area contributed by atoms with E-state index >= 15 is 0 Å². The van der Waals surface area contributed by atoms with E-state index in [0.29, 0.717) is 33.1 Å². The molecule has 3 aromatic carbocycles. The molecule has 1 N–H and O–H groups in total. The molecule has 0 saturated heterocycles. The number of fused-ring (bicyclic) bond motifs is 1. The molecule has 29 heavy (non-hydrogen) atoms. The minimum Gasteiger partial charge on any atom is -0.484 e. The van der Waals surface area contributed by atoms with Gasteiger partial charge in [0.25, 0.3) is 5.91 Å².